The van der Waals surface area contributed by atoms with Gasteiger partial charge >= 0.3 is 6.18 Å². The number of nitrogens with one attached hydrogen (secondary N) is 2. The maximum absolute atomic E-state index is 13.8. The number of allylic oxidation sites excluding steroid dienone is 1. The highest BCUT2D eigenvalue weighted by Gasteiger charge is 2.52. The summed E-state index contributed by atoms with van der Waals surface area (Å²) in [5.41, 5.74) is -2.05. The number of rotatable bonds is 6. The van der Waals surface area contributed by atoms with Crippen LogP contribution in [0.25, 0.3) is 11.3 Å². The predicted octanol–water partition coefficient (Wildman–Crippen LogP) is 3.91. The zero-order chi connectivity index (χ0) is 28.9. The minimum atomic E-state index is -4.87. The number of benzene rings is 1. The van der Waals surface area contributed by atoms with E-state index in [9.17, 15) is 31.4 Å². The summed E-state index contributed by atoms with van der Waals surface area (Å²) in [6.07, 6.45) is -6.27. The van der Waals surface area contributed by atoms with Gasteiger partial charge in [0.05, 0.1) is 23.4 Å². The second-order valence-corrected chi connectivity index (χ2v) is 9.46. The predicted molar refractivity (Wildman–Crippen MR) is 127 cm³/mol. The molecule has 0 radical (unpaired) electrons. The molecule has 5 unspecified atom stereocenters. The van der Waals surface area contributed by atoms with Gasteiger partial charge in [0.15, 0.2) is 29.0 Å². The Hall–Kier alpha value is -3.53. The van der Waals surface area contributed by atoms with Crippen LogP contribution in [-0.2, 0) is 15.7 Å². The number of hydrogen-bond donors (Lipinski definition) is 3. The normalized spacial score (nSPS) is 24.8. The van der Waals surface area contributed by atoms with Crippen LogP contribution in [0.3, 0.4) is 0 Å². The van der Waals surface area contributed by atoms with Crippen molar-refractivity contribution in [2.75, 3.05) is 6.61 Å². The standard InChI is InChI=1S/C24H19ClF6N6O3/c1-9-35-23(37(36-9)15-4-12(25)7-34-22(15)24(29,30)31)21-19(38)18(20-16(40-21)8-39-20)33-6-11(5-32)10-2-13(26)17(28)14(27)3-10/h2-7,16,18-21,32-33,38H,8H2,1H3/b11-6+,32-5?. The molecule has 3 N–H and O–H groups in total. The largest absolute Gasteiger partial charge is 0.435 e. The molecule has 2 fully saturated rings. The molecule has 40 heavy (non-hydrogen) atoms. The SMILES string of the molecule is Cc1nc(C2OC3COC3C(N/C=C(\C=N)c3cc(F)c(F)c(F)c3)C2O)n(-c2cc(Cl)cnc2C(F)(F)F)n1. The fourth-order valence-corrected chi connectivity index (χ4v) is 4.67. The van der Waals surface area contributed by atoms with Crippen LogP contribution in [0.15, 0.2) is 30.6 Å². The molecule has 5 rings (SSSR count). The second-order valence-electron chi connectivity index (χ2n) is 9.02. The lowest BCUT2D eigenvalue weighted by Gasteiger charge is -2.50. The number of nitrogens with zero attached hydrogens (tertiary/aromatic N) is 4. The lowest BCUT2D eigenvalue weighted by Crippen LogP contribution is -2.66. The first-order valence-electron chi connectivity index (χ1n) is 11.6. The van der Waals surface area contributed by atoms with Gasteiger partial charge in [-0.1, -0.05) is 11.6 Å². The molecule has 0 aliphatic carbocycles. The quantitative estimate of drug-likeness (QED) is 0.227. The monoisotopic (exact) mass is 588 g/mol. The lowest BCUT2D eigenvalue weighted by atomic mass is 9.89. The van der Waals surface area contributed by atoms with Gasteiger partial charge in [-0.3, -0.25) is 0 Å². The van der Waals surface area contributed by atoms with Crippen LogP contribution in [0.2, 0.25) is 5.02 Å². The summed E-state index contributed by atoms with van der Waals surface area (Å²) in [5, 5.41) is 25.7. The molecule has 2 aromatic heterocycles. The molecule has 5 atom stereocenters. The summed E-state index contributed by atoms with van der Waals surface area (Å²) in [6.45, 7) is 1.53. The van der Waals surface area contributed by atoms with Crippen LogP contribution >= 0.6 is 11.6 Å². The van der Waals surface area contributed by atoms with Crippen molar-refractivity contribution >= 4 is 23.4 Å². The van der Waals surface area contributed by atoms with Gasteiger partial charge in [0.25, 0.3) is 0 Å². The van der Waals surface area contributed by atoms with Crippen LogP contribution in [0.4, 0.5) is 26.3 Å². The maximum Gasteiger partial charge on any atom is 0.435 e. The summed E-state index contributed by atoms with van der Waals surface area (Å²) in [5.74, 6) is -4.69. The van der Waals surface area contributed by atoms with E-state index in [2.05, 4.69) is 20.4 Å². The highest BCUT2D eigenvalue weighted by Crippen LogP contribution is 2.40. The molecule has 212 valence electrons. The van der Waals surface area contributed by atoms with Gasteiger partial charge in [0.1, 0.15) is 30.2 Å². The average Bonchev–Trinajstić information content (AvgIpc) is 3.25. The third kappa shape index (κ3) is 5.05. The Balaban J connectivity index is 1.50. The van der Waals surface area contributed by atoms with E-state index in [1.807, 2.05) is 0 Å². The molecule has 9 nitrogen and oxygen atoms in total. The fourth-order valence-electron chi connectivity index (χ4n) is 4.51. The van der Waals surface area contributed by atoms with Crippen LogP contribution in [0.1, 0.15) is 29.0 Å². The first-order chi connectivity index (χ1) is 18.9. The van der Waals surface area contributed by atoms with Gasteiger partial charge in [0, 0.05) is 24.2 Å². The Kier molecular flexibility index (Phi) is 7.33. The van der Waals surface area contributed by atoms with E-state index < -0.39 is 65.5 Å². The summed E-state index contributed by atoms with van der Waals surface area (Å²) >= 11 is 5.94. The highest BCUT2D eigenvalue weighted by molar-refractivity contribution is 6.30. The molecule has 0 bridgehead atoms. The van der Waals surface area contributed by atoms with Gasteiger partial charge in [0.2, 0.25) is 0 Å². The van der Waals surface area contributed by atoms with Gasteiger partial charge < -0.3 is 25.3 Å². The van der Waals surface area contributed by atoms with Gasteiger partial charge in [-0.15, -0.1) is 0 Å². The topological polar surface area (TPSA) is 118 Å². The average molecular weight is 589 g/mol. The molecule has 2 aliphatic rings. The Morgan fingerprint density at radius 3 is 2.52 bits per heavy atom. The molecule has 2 aliphatic heterocycles. The van der Waals surface area contributed by atoms with Crippen molar-refractivity contribution in [3.8, 4) is 5.69 Å². The molecule has 3 aromatic rings. The van der Waals surface area contributed by atoms with Crippen molar-refractivity contribution < 1.29 is 40.9 Å². The van der Waals surface area contributed by atoms with Crippen molar-refractivity contribution in [1.29, 1.82) is 5.41 Å². The van der Waals surface area contributed by atoms with Gasteiger partial charge in [-0.25, -0.2) is 27.8 Å². The molecule has 2 saturated heterocycles. The zero-order valence-electron chi connectivity index (χ0n) is 20.3. The number of ether oxygens (including phenoxy) is 2. The van der Waals surface area contributed by atoms with Crippen LogP contribution < -0.4 is 5.32 Å². The van der Waals surface area contributed by atoms with Crippen LogP contribution in [0.5, 0.6) is 0 Å². The molecule has 0 saturated carbocycles. The van der Waals surface area contributed by atoms with Crippen molar-refractivity contribution in [3.05, 3.63) is 76.0 Å². The number of aliphatic hydroxyl groups is 1. The number of aromatic nitrogens is 4. The number of pyridine rings is 1. The van der Waals surface area contributed by atoms with Gasteiger partial charge in [-0.2, -0.15) is 18.3 Å². The number of aryl methyl sites for hydroxylation is 1. The highest BCUT2D eigenvalue weighted by atomic mass is 35.5. The lowest BCUT2D eigenvalue weighted by molar-refractivity contribution is -0.277. The third-order valence-corrected chi connectivity index (χ3v) is 6.61. The number of fused-ring (bicyclic) bond motifs is 1. The van der Waals surface area contributed by atoms with Crippen LogP contribution in [0, 0.1) is 29.8 Å². The van der Waals surface area contributed by atoms with E-state index in [-0.39, 0.29) is 34.4 Å². The molecular formula is C24H19ClF6N6O3. The number of halogens is 7. The molecule has 0 amide bonds. The zero-order valence-corrected chi connectivity index (χ0v) is 21.0. The van der Waals surface area contributed by atoms with E-state index in [0.717, 1.165) is 23.2 Å². The first kappa shape index (κ1) is 28.0. The summed E-state index contributed by atoms with van der Waals surface area (Å²) in [7, 11) is 0. The van der Waals surface area contributed by atoms with Crippen molar-refractivity contribution in [1.82, 2.24) is 25.1 Å². The Bertz CT molecular complexity index is 1480. The van der Waals surface area contributed by atoms with Crippen molar-refractivity contribution in [2.24, 2.45) is 0 Å². The molecular weight excluding hydrogens is 570 g/mol. The van der Waals surface area contributed by atoms with E-state index in [4.69, 9.17) is 26.5 Å². The Morgan fingerprint density at radius 1 is 1.23 bits per heavy atom. The van der Waals surface area contributed by atoms with Crippen molar-refractivity contribution in [2.45, 2.75) is 43.6 Å². The summed E-state index contributed by atoms with van der Waals surface area (Å²) in [4.78, 5) is 7.62. The number of alkyl halides is 3. The fraction of sp³-hybridized carbons (Fsp3) is 0.333. The summed E-state index contributed by atoms with van der Waals surface area (Å²) < 4.78 is 94.5. The minimum absolute atomic E-state index is 0.0669. The molecule has 1 aromatic carbocycles. The Labute approximate surface area is 226 Å². The van der Waals surface area contributed by atoms with E-state index in [1.54, 1.807) is 0 Å². The van der Waals surface area contributed by atoms with Gasteiger partial charge in [-0.05, 0) is 30.7 Å². The first-order valence-corrected chi connectivity index (χ1v) is 12.0. The third-order valence-electron chi connectivity index (χ3n) is 6.40. The molecule has 4 heterocycles. The molecule has 0 spiro atoms. The molecule has 16 heteroatoms. The Morgan fingerprint density at radius 2 is 1.93 bits per heavy atom. The smallest absolute Gasteiger partial charge is 0.388 e. The van der Waals surface area contributed by atoms with E-state index in [0.29, 0.717) is 12.1 Å². The van der Waals surface area contributed by atoms with Crippen molar-refractivity contribution in [3.63, 3.8) is 0 Å². The van der Waals surface area contributed by atoms with E-state index >= 15 is 0 Å². The van der Waals surface area contributed by atoms with Crippen LogP contribution in [-0.4, -0.2) is 62.0 Å². The number of hydrogen-bond acceptors (Lipinski definition) is 8. The second kappa shape index (κ2) is 10.5. The summed E-state index contributed by atoms with van der Waals surface area (Å²) in [6, 6.07) is 1.43. The maximum atomic E-state index is 13.8. The number of aliphatic hydroxyl groups excluding tert-OH is 1. The minimum Gasteiger partial charge on any atom is -0.388 e. The van der Waals surface area contributed by atoms with E-state index in [1.165, 1.54) is 13.1 Å².